The van der Waals surface area contributed by atoms with E-state index in [1.54, 1.807) is 0 Å². The number of nitrogens with zero attached hydrogens (tertiary/aromatic N) is 2. The Balaban J connectivity index is 1.68. The van der Waals surface area contributed by atoms with Crippen LogP contribution in [0.3, 0.4) is 0 Å². The minimum atomic E-state index is 0.0952. The van der Waals surface area contributed by atoms with Gasteiger partial charge in [-0.1, -0.05) is 36.4 Å². The lowest BCUT2D eigenvalue weighted by Crippen LogP contribution is -2.38. The molecule has 0 radical (unpaired) electrons. The van der Waals surface area contributed by atoms with E-state index in [0.717, 1.165) is 10.3 Å². The van der Waals surface area contributed by atoms with Crippen LogP contribution in [0.4, 0.5) is 0 Å². The fourth-order valence-corrected chi connectivity index (χ4v) is 4.09. The van der Waals surface area contributed by atoms with E-state index in [4.69, 9.17) is 0 Å². The second-order valence-corrected chi connectivity index (χ2v) is 7.19. The largest absolute Gasteiger partial charge is 0.331 e. The van der Waals surface area contributed by atoms with E-state index in [2.05, 4.69) is 58.8 Å². The molecule has 0 saturated heterocycles. The Kier molecular flexibility index (Phi) is 3.71. The highest BCUT2D eigenvalue weighted by atomic mass is 127. The van der Waals surface area contributed by atoms with Crippen molar-refractivity contribution >= 4 is 32.2 Å². The molecule has 0 saturated carbocycles. The number of hydrogen-bond acceptors (Lipinski definition) is 2. The zero-order valence-corrected chi connectivity index (χ0v) is 15.1. The van der Waals surface area contributed by atoms with Crippen molar-refractivity contribution < 1.29 is 4.79 Å². The second-order valence-electron chi connectivity index (χ2n) is 6.17. The van der Waals surface area contributed by atoms with E-state index in [0.29, 0.717) is 13.0 Å². The molecular weight excluding hydrogens is 399 g/mol. The van der Waals surface area contributed by atoms with Gasteiger partial charge in [0.2, 0.25) is 5.91 Å². The average molecular weight is 416 g/mol. The monoisotopic (exact) mass is 416 g/mol. The highest BCUT2D eigenvalue weighted by Gasteiger charge is 2.29. The van der Waals surface area contributed by atoms with Gasteiger partial charge >= 0.3 is 0 Å². The molecule has 0 N–H and O–H groups in total. The van der Waals surface area contributed by atoms with Crippen molar-refractivity contribution in [1.29, 1.82) is 0 Å². The van der Waals surface area contributed by atoms with Crippen molar-refractivity contribution in [2.45, 2.75) is 32.5 Å². The van der Waals surface area contributed by atoms with Gasteiger partial charge in [0, 0.05) is 12.1 Å². The van der Waals surface area contributed by atoms with Gasteiger partial charge in [-0.2, -0.15) is 0 Å². The minimum absolute atomic E-state index is 0.0952. The quantitative estimate of drug-likeness (QED) is 0.681. The number of amides is 1. The van der Waals surface area contributed by atoms with Gasteiger partial charge < -0.3 is 4.90 Å². The summed E-state index contributed by atoms with van der Waals surface area (Å²) in [4.78, 5) is 19.1. The van der Waals surface area contributed by atoms with E-state index < -0.39 is 0 Å². The number of rotatable bonds is 2. The normalized spacial score (nSPS) is 17.6. The molecule has 2 aromatic rings. The third-order valence-electron chi connectivity index (χ3n) is 4.79. The fourth-order valence-electron chi connectivity index (χ4n) is 3.42. The molecule has 2 aliphatic heterocycles. The van der Waals surface area contributed by atoms with Crippen molar-refractivity contribution in [3.8, 4) is 0 Å². The number of halogens is 1. The summed E-state index contributed by atoms with van der Waals surface area (Å²) >= 11 is 2.30. The first-order valence-corrected chi connectivity index (χ1v) is 8.91. The molecule has 0 bridgehead atoms. The van der Waals surface area contributed by atoms with E-state index >= 15 is 0 Å². The Bertz CT molecular complexity index is 814. The molecule has 2 aromatic carbocycles. The van der Waals surface area contributed by atoms with Gasteiger partial charge in [-0.05, 0) is 57.8 Å². The van der Waals surface area contributed by atoms with Crippen molar-refractivity contribution in [1.82, 2.24) is 4.90 Å². The van der Waals surface area contributed by atoms with Gasteiger partial charge in [0.05, 0.1) is 19.0 Å². The van der Waals surface area contributed by atoms with Crippen LogP contribution in [0.2, 0.25) is 0 Å². The maximum Gasteiger partial charge on any atom is 0.227 e. The molecule has 1 amide bonds. The third kappa shape index (κ3) is 2.59. The zero-order valence-electron chi connectivity index (χ0n) is 12.9. The molecule has 0 spiro atoms. The smallest absolute Gasteiger partial charge is 0.227 e. The summed E-state index contributed by atoms with van der Waals surface area (Å²) < 4.78 is 1.08. The van der Waals surface area contributed by atoms with Crippen molar-refractivity contribution in [2.24, 2.45) is 4.99 Å². The standard InChI is InChI=1S/C19H17IN2O/c1-12(13-5-3-2-4-6-13)22-11-16-8-17-15(10-21-19(17)20)7-14(16)9-18(22)23/h2-8,12H,9-11H2,1H3/t12-/m1/s1. The minimum Gasteiger partial charge on any atom is -0.331 e. The first-order chi connectivity index (χ1) is 11.1. The molecule has 2 heterocycles. The predicted octanol–water partition coefficient (Wildman–Crippen LogP) is 4.03. The van der Waals surface area contributed by atoms with Gasteiger partial charge in [-0.15, -0.1) is 0 Å². The van der Waals surface area contributed by atoms with Crippen molar-refractivity contribution in [3.05, 3.63) is 70.3 Å². The number of aliphatic imine (C=N–C) groups is 1. The molecule has 0 aliphatic carbocycles. The van der Waals surface area contributed by atoms with Crippen LogP contribution in [0, 0.1) is 0 Å². The Labute approximate surface area is 149 Å². The molecule has 0 unspecified atom stereocenters. The van der Waals surface area contributed by atoms with Crippen LogP contribution in [0.25, 0.3) is 0 Å². The maximum absolute atomic E-state index is 12.6. The van der Waals surface area contributed by atoms with Gasteiger partial charge in [-0.25, -0.2) is 0 Å². The predicted molar refractivity (Wildman–Crippen MR) is 99.8 cm³/mol. The topological polar surface area (TPSA) is 32.7 Å². The number of benzene rings is 2. The van der Waals surface area contributed by atoms with Crippen LogP contribution in [-0.2, 0) is 24.3 Å². The molecule has 116 valence electrons. The molecule has 4 rings (SSSR count). The molecule has 0 fully saturated rings. The van der Waals surface area contributed by atoms with Gasteiger partial charge in [-0.3, -0.25) is 9.79 Å². The van der Waals surface area contributed by atoms with Crippen LogP contribution in [0.1, 0.15) is 40.8 Å². The lowest BCUT2D eigenvalue weighted by molar-refractivity contribution is -0.134. The van der Waals surface area contributed by atoms with Crippen LogP contribution in [0.15, 0.2) is 47.5 Å². The summed E-state index contributed by atoms with van der Waals surface area (Å²) in [5.41, 5.74) is 6.11. The zero-order chi connectivity index (χ0) is 16.0. The summed E-state index contributed by atoms with van der Waals surface area (Å²) in [6.07, 6.45) is 0.496. The SMILES string of the molecule is C[C@H](c1ccccc1)N1Cc2cc3c(cc2CC1=O)CN=C3I. The summed E-state index contributed by atoms with van der Waals surface area (Å²) in [5, 5.41) is 0. The maximum atomic E-state index is 12.6. The van der Waals surface area contributed by atoms with Crippen molar-refractivity contribution in [3.63, 3.8) is 0 Å². The van der Waals surface area contributed by atoms with Gasteiger partial charge in [0.25, 0.3) is 0 Å². The van der Waals surface area contributed by atoms with E-state index in [-0.39, 0.29) is 11.9 Å². The molecular formula is C19H17IN2O. The Morgan fingerprint density at radius 3 is 2.70 bits per heavy atom. The number of fused-ring (bicyclic) bond motifs is 2. The molecule has 0 aromatic heterocycles. The molecule has 2 aliphatic rings. The first-order valence-electron chi connectivity index (χ1n) is 7.83. The summed E-state index contributed by atoms with van der Waals surface area (Å²) in [7, 11) is 0. The molecule has 4 heteroatoms. The number of carbonyl (C=O) groups excluding carboxylic acids is 1. The second kappa shape index (κ2) is 5.74. The average Bonchev–Trinajstić information content (AvgIpc) is 2.93. The van der Waals surface area contributed by atoms with Gasteiger partial charge in [0.15, 0.2) is 0 Å². The molecule has 3 nitrogen and oxygen atoms in total. The molecule has 1 atom stereocenters. The summed E-state index contributed by atoms with van der Waals surface area (Å²) in [6, 6.07) is 14.8. The lowest BCUT2D eigenvalue weighted by atomic mass is 9.92. The van der Waals surface area contributed by atoms with E-state index in [1.807, 2.05) is 23.1 Å². The lowest BCUT2D eigenvalue weighted by Gasteiger charge is -2.34. The number of carbonyl (C=O) groups is 1. The third-order valence-corrected chi connectivity index (χ3v) is 5.71. The van der Waals surface area contributed by atoms with Crippen LogP contribution >= 0.6 is 22.6 Å². The number of hydrogen-bond donors (Lipinski definition) is 0. The van der Waals surface area contributed by atoms with Crippen LogP contribution < -0.4 is 0 Å². The highest BCUT2D eigenvalue weighted by molar-refractivity contribution is 14.1. The van der Waals surface area contributed by atoms with Crippen molar-refractivity contribution in [2.75, 3.05) is 0 Å². The van der Waals surface area contributed by atoms with E-state index in [1.165, 1.54) is 27.8 Å². The van der Waals surface area contributed by atoms with Crippen LogP contribution in [-0.4, -0.2) is 14.5 Å². The summed E-state index contributed by atoms with van der Waals surface area (Å²) in [5.74, 6) is 0.211. The van der Waals surface area contributed by atoms with E-state index in [9.17, 15) is 4.79 Å². The van der Waals surface area contributed by atoms with Gasteiger partial charge in [0.1, 0.15) is 3.72 Å². The summed E-state index contributed by atoms with van der Waals surface area (Å²) in [6.45, 7) is 3.54. The Morgan fingerprint density at radius 1 is 1.13 bits per heavy atom. The van der Waals surface area contributed by atoms with Crippen LogP contribution in [0.5, 0.6) is 0 Å². The highest BCUT2D eigenvalue weighted by Crippen LogP contribution is 2.32. The fraction of sp³-hybridized carbons (Fsp3) is 0.263. The molecule has 23 heavy (non-hydrogen) atoms. The first kappa shape index (κ1) is 14.9. The Morgan fingerprint density at radius 2 is 1.91 bits per heavy atom. The Hall–Kier alpha value is -1.69.